The van der Waals surface area contributed by atoms with Crippen LogP contribution in [0.15, 0.2) is 125 Å². The van der Waals surface area contributed by atoms with Crippen LogP contribution in [0.3, 0.4) is 0 Å². The van der Waals surface area contributed by atoms with Crippen molar-refractivity contribution in [3.63, 3.8) is 0 Å². The zero-order valence-corrected chi connectivity index (χ0v) is 32.0. The normalized spacial score (nSPS) is 19.4. The molecule has 1 heteroatoms. The van der Waals surface area contributed by atoms with Crippen molar-refractivity contribution in [1.82, 2.24) is 0 Å². The minimum atomic E-state index is -1.37. The summed E-state index contributed by atoms with van der Waals surface area (Å²) in [6.07, 6.45) is 11.4. The zero-order valence-electron chi connectivity index (χ0n) is 29.6. The van der Waals surface area contributed by atoms with E-state index >= 15 is 0 Å². The summed E-state index contributed by atoms with van der Waals surface area (Å²) in [4.78, 5) is 0. The molecule has 3 aliphatic carbocycles. The molecular formula is C45H51Zr. The van der Waals surface area contributed by atoms with Crippen LogP contribution in [0.4, 0.5) is 0 Å². The molecule has 0 nitrogen and oxygen atoms in total. The summed E-state index contributed by atoms with van der Waals surface area (Å²) in [6.45, 7) is 21.9. The molecule has 1 atom stereocenters. The Kier molecular flexibility index (Phi) is 9.06. The molecule has 3 aliphatic rings. The van der Waals surface area contributed by atoms with Gasteiger partial charge in [-0.2, -0.15) is 0 Å². The Labute approximate surface area is 289 Å². The van der Waals surface area contributed by atoms with E-state index in [-0.39, 0.29) is 16.2 Å². The summed E-state index contributed by atoms with van der Waals surface area (Å²) in [7, 11) is 0. The SMILES string of the molecule is CCC1=C(CC)C(CC)(C(C)(C)C)C(C2=CC=CC2)=C2[C]([Zr]=[C](c3ccccc3)c3ccccc3)=c3cc(C(C)(C)C)ccc3=C12. The minimum absolute atomic E-state index is 0.0248. The van der Waals surface area contributed by atoms with Crippen molar-refractivity contribution in [3.8, 4) is 0 Å². The van der Waals surface area contributed by atoms with E-state index in [4.69, 9.17) is 0 Å². The van der Waals surface area contributed by atoms with E-state index < -0.39 is 22.8 Å². The average Bonchev–Trinajstić information content (AvgIpc) is 3.68. The second kappa shape index (κ2) is 12.6. The van der Waals surface area contributed by atoms with E-state index in [0.717, 1.165) is 25.7 Å². The number of hydrogen-bond donors (Lipinski definition) is 0. The Morgan fingerprint density at radius 2 is 1.37 bits per heavy atom. The van der Waals surface area contributed by atoms with E-state index in [0.29, 0.717) is 0 Å². The fourth-order valence-corrected chi connectivity index (χ4v) is 12.6. The van der Waals surface area contributed by atoms with Gasteiger partial charge in [-0.05, 0) is 0 Å². The zero-order chi connectivity index (χ0) is 32.9. The van der Waals surface area contributed by atoms with Gasteiger partial charge in [-0.15, -0.1) is 0 Å². The molecule has 0 aromatic heterocycles. The molecule has 3 aromatic carbocycles. The first kappa shape index (κ1) is 33.0. The second-order valence-electron chi connectivity index (χ2n) is 15.2. The maximum atomic E-state index is 2.60. The molecule has 0 fully saturated rings. The van der Waals surface area contributed by atoms with Gasteiger partial charge in [0.25, 0.3) is 0 Å². The van der Waals surface area contributed by atoms with Gasteiger partial charge in [-0.3, -0.25) is 0 Å². The van der Waals surface area contributed by atoms with Gasteiger partial charge in [0, 0.05) is 0 Å². The first-order valence-corrected chi connectivity index (χ1v) is 19.9. The van der Waals surface area contributed by atoms with Crippen LogP contribution < -0.4 is 10.4 Å². The number of rotatable bonds is 7. The van der Waals surface area contributed by atoms with Gasteiger partial charge < -0.3 is 0 Å². The average molecular weight is 683 g/mol. The number of allylic oxidation sites excluding steroid dienone is 8. The molecule has 46 heavy (non-hydrogen) atoms. The quantitative estimate of drug-likeness (QED) is 0.233. The summed E-state index contributed by atoms with van der Waals surface area (Å²) >= 11 is -1.37. The van der Waals surface area contributed by atoms with E-state index in [1.165, 1.54) is 32.7 Å². The number of hydrogen-bond acceptors (Lipinski definition) is 0. The fourth-order valence-electron chi connectivity index (χ4n) is 8.66. The van der Waals surface area contributed by atoms with Crippen LogP contribution in [0.2, 0.25) is 0 Å². The molecule has 0 heterocycles. The predicted molar refractivity (Wildman–Crippen MR) is 196 cm³/mol. The van der Waals surface area contributed by atoms with Gasteiger partial charge in [0.2, 0.25) is 0 Å². The van der Waals surface area contributed by atoms with Gasteiger partial charge >= 0.3 is 291 Å². The van der Waals surface area contributed by atoms with Crippen LogP contribution in [0.25, 0.3) is 8.85 Å². The number of benzene rings is 3. The predicted octanol–water partition coefficient (Wildman–Crippen LogP) is 10.4. The molecule has 0 spiro atoms. The molecule has 0 radical (unpaired) electrons. The monoisotopic (exact) mass is 681 g/mol. The molecule has 6 rings (SSSR count). The van der Waals surface area contributed by atoms with E-state index in [2.05, 4.69) is 159 Å². The van der Waals surface area contributed by atoms with Crippen LogP contribution in [0, 0.1) is 10.8 Å². The molecule has 0 amide bonds. The Balaban J connectivity index is 1.87. The summed E-state index contributed by atoms with van der Waals surface area (Å²) in [5, 5.41) is 2.99. The van der Waals surface area contributed by atoms with Gasteiger partial charge in [0.05, 0.1) is 0 Å². The van der Waals surface area contributed by atoms with Crippen molar-refractivity contribution in [2.24, 2.45) is 10.8 Å². The van der Waals surface area contributed by atoms with E-state index in [9.17, 15) is 0 Å². The molecule has 1 unspecified atom stereocenters. The molecule has 0 aliphatic heterocycles. The topological polar surface area (TPSA) is 0 Å². The second-order valence-corrected chi connectivity index (χ2v) is 18.3. The summed E-state index contributed by atoms with van der Waals surface area (Å²) in [5.74, 6) is 0. The van der Waals surface area contributed by atoms with Crippen LogP contribution >= 0.6 is 0 Å². The van der Waals surface area contributed by atoms with Crippen molar-refractivity contribution in [3.05, 3.63) is 152 Å². The summed E-state index contributed by atoms with van der Waals surface area (Å²) < 4.78 is 3.24. The molecule has 0 bridgehead atoms. The Hall–Kier alpha value is -2.89. The molecule has 235 valence electrons. The Bertz CT molecular complexity index is 1900. The third-order valence-corrected chi connectivity index (χ3v) is 14.7. The van der Waals surface area contributed by atoms with Crippen molar-refractivity contribution < 1.29 is 22.8 Å². The Morgan fingerprint density at radius 1 is 0.739 bits per heavy atom. The van der Waals surface area contributed by atoms with E-state index in [1.54, 1.807) is 34.4 Å². The number of fused-ring (bicyclic) bond motifs is 2. The fraction of sp³-hybridized carbons (Fsp3) is 0.356. The molecule has 0 saturated heterocycles. The van der Waals surface area contributed by atoms with Gasteiger partial charge in [-0.1, -0.05) is 0 Å². The van der Waals surface area contributed by atoms with Crippen LogP contribution in [-0.2, 0) is 28.2 Å². The third kappa shape index (κ3) is 5.36. The van der Waals surface area contributed by atoms with Crippen LogP contribution in [-0.4, -0.2) is 3.21 Å². The van der Waals surface area contributed by atoms with Crippen molar-refractivity contribution >= 4 is 12.1 Å². The first-order chi connectivity index (χ1) is 22.0. The third-order valence-electron chi connectivity index (χ3n) is 10.8. The van der Waals surface area contributed by atoms with Gasteiger partial charge in [-0.25, -0.2) is 0 Å². The van der Waals surface area contributed by atoms with Crippen LogP contribution in [0.1, 0.15) is 105 Å². The van der Waals surface area contributed by atoms with Gasteiger partial charge in [0.15, 0.2) is 0 Å². The molecular weight excluding hydrogens is 632 g/mol. The van der Waals surface area contributed by atoms with E-state index in [1.807, 2.05) is 0 Å². The summed E-state index contributed by atoms with van der Waals surface area (Å²) in [5.41, 5.74) is 14.0. The van der Waals surface area contributed by atoms with Gasteiger partial charge in [0.1, 0.15) is 0 Å². The Morgan fingerprint density at radius 3 is 1.85 bits per heavy atom. The molecule has 0 N–H and O–H groups in total. The van der Waals surface area contributed by atoms with Crippen LogP contribution in [0.5, 0.6) is 0 Å². The molecule has 3 aromatic rings. The first-order valence-electron chi connectivity index (χ1n) is 17.5. The maximum absolute atomic E-state index is 2.60. The van der Waals surface area contributed by atoms with Crippen molar-refractivity contribution in [2.75, 3.05) is 0 Å². The summed E-state index contributed by atoms with van der Waals surface area (Å²) in [6, 6.07) is 30.1. The van der Waals surface area contributed by atoms with Crippen molar-refractivity contribution in [1.29, 1.82) is 0 Å². The standard InChI is InChI=1S/C32H41.C13H10.Zr/c1-10-24-27(11-2)32(12-3,31(7,8)9)29(21-15-13-14-16-21)26-20-22-19-23(30(4,5)6)17-18-25(22)28(24)26;1-3-7-12(8-4-1)11-13-9-5-2-6-10-13;/h13-15,17-19H,10-12,16H2,1-9H3;1-10H;. The molecule has 0 saturated carbocycles. The van der Waals surface area contributed by atoms with Crippen molar-refractivity contribution in [2.45, 2.75) is 93.4 Å².